The molecule has 0 aliphatic heterocycles. The van der Waals surface area contributed by atoms with E-state index in [4.69, 9.17) is 0 Å². The van der Waals surface area contributed by atoms with Crippen molar-refractivity contribution in [2.24, 2.45) is 0 Å². The first kappa shape index (κ1) is 11.9. The Labute approximate surface area is 91.0 Å². The van der Waals surface area contributed by atoms with E-state index in [1.165, 1.54) is 0 Å². The van der Waals surface area contributed by atoms with Gasteiger partial charge in [0.1, 0.15) is 5.82 Å². The van der Waals surface area contributed by atoms with E-state index in [1.807, 2.05) is 25.8 Å². The van der Waals surface area contributed by atoms with Crippen molar-refractivity contribution in [2.45, 2.75) is 33.3 Å². The molecule has 4 heteroatoms. The van der Waals surface area contributed by atoms with Crippen molar-refractivity contribution >= 4 is 5.82 Å². The Bertz CT molecular complexity index is 326. The minimum Gasteiger partial charge on any atom is -0.393 e. The topological polar surface area (TPSA) is 49.2 Å². The summed E-state index contributed by atoms with van der Waals surface area (Å²) in [5.41, 5.74) is 1.84. The molecule has 1 aromatic heterocycles. The van der Waals surface area contributed by atoms with Crippen LogP contribution in [0.25, 0.3) is 0 Å². The Balaban J connectivity index is 2.72. The first-order chi connectivity index (χ1) is 7.00. The number of aromatic nitrogens is 2. The van der Waals surface area contributed by atoms with Crippen LogP contribution in [0.15, 0.2) is 6.20 Å². The molecule has 0 bridgehead atoms. The van der Waals surface area contributed by atoms with Gasteiger partial charge in [-0.25, -0.2) is 4.98 Å². The number of aliphatic hydroxyl groups excluding tert-OH is 1. The first-order valence-electron chi connectivity index (χ1n) is 5.20. The summed E-state index contributed by atoms with van der Waals surface area (Å²) in [7, 11) is 1.97. The molecular weight excluding hydrogens is 190 g/mol. The zero-order valence-electron chi connectivity index (χ0n) is 9.86. The van der Waals surface area contributed by atoms with E-state index in [2.05, 4.69) is 9.97 Å². The molecular formula is C11H19N3O. The number of hydrogen-bond donors (Lipinski definition) is 1. The van der Waals surface area contributed by atoms with Crippen LogP contribution in [0.2, 0.25) is 0 Å². The summed E-state index contributed by atoms with van der Waals surface area (Å²) in [6, 6.07) is 0. The number of nitrogens with zero attached hydrogens (tertiary/aromatic N) is 3. The van der Waals surface area contributed by atoms with Gasteiger partial charge < -0.3 is 10.0 Å². The van der Waals surface area contributed by atoms with Crippen molar-refractivity contribution in [2.75, 3.05) is 18.5 Å². The highest BCUT2D eigenvalue weighted by Crippen LogP contribution is 2.13. The van der Waals surface area contributed by atoms with Crippen molar-refractivity contribution < 1.29 is 5.11 Å². The molecule has 4 nitrogen and oxygen atoms in total. The number of rotatable bonds is 4. The summed E-state index contributed by atoms with van der Waals surface area (Å²) in [6.07, 6.45) is 2.23. The van der Waals surface area contributed by atoms with Crippen LogP contribution in [0.5, 0.6) is 0 Å². The summed E-state index contributed by atoms with van der Waals surface area (Å²) in [5.74, 6) is 0.899. The second kappa shape index (κ2) is 5.07. The summed E-state index contributed by atoms with van der Waals surface area (Å²) in [4.78, 5) is 10.7. The van der Waals surface area contributed by atoms with Crippen molar-refractivity contribution in [3.8, 4) is 0 Å². The quantitative estimate of drug-likeness (QED) is 0.812. The molecule has 0 amide bonds. The van der Waals surface area contributed by atoms with Crippen LogP contribution in [0.4, 0.5) is 5.82 Å². The third kappa shape index (κ3) is 3.47. The number of aliphatic hydroxyl groups is 1. The molecule has 0 saturated carbocycles. The molecule has 0 aliphatic rings. The van der Waals surface area contributed by atoms with Crippen LogP contribution in [-0.4, -0.2) is 34.8 Å². The molecule has 1 aromatic rings. The molecule has 1 N–H and O–H groups in total. The normalized spacial score (nSPS) is 12.6. The molecule has 1 unspecified atom stereocenters. The van der Waals surface area contributed by atoms with E-state index in [0.717, 1.165) is 30.2 Å². The van der Waals surface area contributed by atoms with Crippen molar-refractivity contribution in [3.05, 3.63) is 17.6 Å². The fourth-order valence-corrected chi connectivity index (χ4v) is 1.37. The monoisotopic (exact) mass is 209 g/mol. The fraction of sp³-hybridized carbons (Fsp3) is 0.636. The van der Waals surface area contributed by atoms with Crippen LogP contribution in [-0.2, 0) is 0 Å². The highest BCUT2D eigenvalue weighted by molar-refractivity contribution is 5.42. The minimum absolute atomic E-state index is 0.273. The van der Waals surface area contributed by atoms with Crippen molar-refractivity contribution in [1.82, 2.24) is 9.97 Å². The smallest absolute Gasteiger partial charge is 0.150 e. The molecule has 84 valence electrons. The maximum absolute atomic E-state index is 9.21. The SMILES string of the molecule is Cc1cnc(C)c(N(C)CCC(C)O)n1. The van der Waals surface area contributed by atoms with Crippen LogP contribution in [0.3, 0.4) is 0 Å². The second-order valence-electron chi connectivity index (χ2n) is 3.98. The molecule has 0 radical (unpaired) electrons. The summed E-state index contributed by atoms with van der Waals surface area (Å²) < 4.78 is 0. The lowest BCUT2D eigenvalue weighted by molar-refractivity contribution is 0.187. The standard InChI is InChI=1S/C11H19N3O/c1-8-7-12-10(3)11(13-8)14(4)6-5-9(2)15/h7,9,15H,5-6H2,1-4H3. The maximum atomic E-state index is 9.21. The van der Waals surface area contributed by atoms with Gasteiger partial charge in [0.25, 0.3) is 0 Å². The Morgan fingerprint density at radius 3 is 2.73 bits per heavy atom. The highest BCUT2D eigenvalue weighted by Gasteiger charge is 2.08. The lowest BCUT2D eigenvalue weighted by atomic mass is 10.2. The highest BCUT2D eigenvalue weighted by atomic mass is 16.3. The zero-order chi connectivity index (χ0) is 11.4. The molecule has 0 aliphatic carbocycles. The number of anilines is 1. The first-order valence-corrected chi connectivity index (χ1v) is 5.20. The van der Waals surface area contributed by atoms with E-state index in [9.17, 15) is 5.11 Å². The van der Waals surface area contributed by atoms with E-state index < -0.39 is 0 Å². The van der Waals surface area contributed by atoms with Crippen LogP contribution < -0.4 is 4.90 Å². The van der Waals surface area contributed by atoms with Gasteiger partial charge in [-0.1, -0.05) is 0 Å². The molecule has 15 heavy (non-hydrogen) atoms. The van der Waals surface area contributed by atoms with Gasteiger partial charge in [-0.3, -0.25) is 4.98 Å². The van der Waals surface area contributed by atoms with Crippen molar-refractivity contribution in [3.63, 3.8) is 0 Å². The minimum atomic E-state index is -0.273. The van der Waals surface area contributed by atoms with E-state index >= 15 is 0 Å². The largest absolute Gasteiger partial charge is 0.393 e. The molecule has 1 rings (SSSR count). The molecule has 0 spiro atoms. The average Bonchev–Trinajstić information content (AvgIpc) is 2.18. The summed E-state index contributed by atoms with van der Waals surface area (Å²) in [6.45, 7) is 6.46. The van der Waals surface area contributed by atoms with E-state index in [1.54, 1.807) is 13.1 Å². The average molecular weight is 209 g/mol. The number of hydrogen-bond acceptors (Lipinski definition) is 4. The van der Waals surface area contributed by atoms with Crippen LogP contribution in [0, 0.1) is 13.8 Å². The van der Waals surface area contributed by atoms with Gasteiger partial charge in [0, 0.05) is 19.8 Å². The third-order valence-corrected chi connectivity index (χ3v) is 2.29. The van der Waals surface area contributed by atoms with Gasteiger partial charge in [-0.15, -0.1) is 0 Å². The summed E-state index contributed by atoms with van der Waals surface area (Å²) in [5, 5.41) is 9.21. The van der Waals surface area contributed by atoms with Crippen molar-refractivity contribution in [1.29, 1.82) is 0 Å². The van der Waals surface area contributed by atoms with E-state index in [-0.39, 0.29) is 6.10 Å². The predicted molar refractivity (Wildman–Crippen MR) is 61.1 cm³/mol. The molecule has 0 fully saturated rings. The van der Waals surface area contributed by atoms with Gasteiger partial charge in [-0.2, -0.15) is 0 Å². The maximum Gasteiger partial charge on any atom is 0.150 e. The predicted octanol–water partition coefficient (Wildman–Crippen LogP) is 1.30. The lowest BCUT2D eigenvalue weighted by Crippen LogP contribution is -2.24. The Morgan fingerprint density at radius 2 is 2.13 bits per heavy atom. The van der Waals surface area contributed by atoms with Gasteiger partial charge in [0.15, 0.2) is 0 Å². The molecule has 0 aromatic carbocycles. The fourth-order valence-electron chi connectivity index (χ4n) is 1.37. The molecule has 1 heterocycles. The van der Waals surface area contributed by atoms with Gasteiger partial charge >= 0.3 is 0 Å². The third-order valence-electron chi connectivity index (χ3n) is 2.29. The molecule has 0 saturated heterocycles. The van der Waals surface area contributed by atoms with E-state index in [0.29, 0.717) is 0 Å². The number of aryl methyl sites for hydroxylation is 2. The summed E-state index contributed by atoms with van der Waals surface area (Å²) >= 11 is 0. The van der Waals surface area contributed by atoms with Gasteiger partial charge in [-0.05, 0) is 27.2 Å². The zero-order valence-corrected chi connectivity index (χ0v) is 9.86. The lowest BCUT2D eigenvalue weighted by Gasteiger charge is -2.20. The van der Waals surface area contributed by atoms with Crippen LogP contribution >= 0.6 is 0 Å². The Hall–Kier alpha value is -1.16. The Morgan fingerprint density at radius 1 is 1.47 bits per heavy atom. The molecule has 1 atom stereocenters. The van der Waals surface area contributed by atoms with Crippen LogP contribution in [0.1, 0.15) is 24.7 Å². The van der Waals surface area contributed by atoms with Gasteiger partial charge in [0.2, 0.25) is 0 Å². The Kier molecular flexibility index (Phi) is 4.03. The van der Waals surface area contributed by atoms with Gasteiger partial charge in [0.05, 0.1) is 17.5 Å². The second-order valence-corrected chi connectivity index (χ2v) is 3.98.